The summed E-state index contributed by atoms with van der Waals surface area (Å²) < 4.78 is 67.3. The standard InChI is InChI=1S/C24H28ClF3N6O4S/c25-21-9-15(24(26,27)28)10-22(30-21)31-5-7-33(8-6-31)39(37,38)18-3-1-16(2-4-18)34-12-17(11-23(34)36)32-13-19(29)20(35)14-32/h1-4,9-10,17,19-20,35H,5-8,11-14,29H2/t17?,19-,20-/m1/s1. The lowest BCUT2D eigenvalue weighted by Gasteiger charge is -2.35. The van der Waals surface area contributed by atoms with Crippen molar-refractivity contribution in [1.29, 1.82) is 0 Å². The van der Waals surface area contributed by atoms with E-state index in [2.05, 4.69) is 4.98 Å². The molecule has 0 saturated carbocycles. The van der Waals surface area contributed by atoms with E-state index in [9.17, 15) is 31.5 Å². The maximum absolute atomic E-state index is 13.3. The van der Waals surface area contributed by atoms with Crippen LogP contribution in [0.4, 0.5) is 24.7 Å². The van der Waals surface area contributed by atoms with Gasteiger partial charge in [0.2, 0.25) is 15.9 Å². The Kier molecular flexibility index (Phi) is 7.54. The van der Waals surface area contributed by atoms with Crippen LogP contribution in [0.2, 0.25) is 5.15 Å². The second kappa shape index (κ2) is 10.5. The van der Waals surface area contributed by atoms with Crippen molar-refractivity contribution in [3.8, 4) is 0 Å². The first-order valence-electron chi connectivity index (χ1n) is 12.4. The molecule has 3 aliphatic heterocycles. The summed E-state index contributed by atoms with van der Waals surface area (Å²) in [5, 5.41) is 9.64. The molecule has 3 atom stereocenters. The average molecular weight is 589 g/mol. The number of sulfonamides is 1. The Morgan fingerprint density at radius 1 is 1.03 bits per heavy atom. The number of nitrogens with two attached hydrogens (primary N) is 1. The summed E-state index contributed by atoms with van der Waals surface area (Å²) in [6, 6.07) is 7.28. The fourth-order valence-electron chi connectivity index (χ4n) is 5.24. The first-order chi connectivity index (χ1) is 18.3. The number of benzene rings is 1. The number of anilines is 2. The summed E-state index contributed by atoms with van der Waals surface area (Å²) in [5.41, 5.74) is 5.55. The second-order valence-corrected chi connectivity index (χ2v) is 12.3. The molecule has 1 amide bonds. The molecule has 5 rings (SSSR count). The van der Waals surface area contributed by atoms with Crippen molar-refractivity contribution in [3.05, 3.63) is 47.1 Å². The number of piperazine rings is 1. The van der Waals surface area contributed by atoms with Crippen LogP contribution in [0.3, 0.4) is 0 Å². The Balaban J connectivity index is 1.23. The van der Waals surface area contributed by atoms with E-state index in [1.54, 1.807) is 21.9 Å². The van der Waals surface area contributed by atoms with Gasteiger partial charge in [-0.1, -0.05) is 11.6 Å². The smallest absolute Gasteiger partial charge is 0.390 e. The molecule has 0 radical (unpaired) electrons. The summed E-state index contributed by atoms with van der Waals surface area (Å²) in [7, 11) is -3.87. The molecule has 3 fully saturated rings. The number of carbonyl (C=O) groups excluding carboxylic acids is 1. The highest BCUT2D eigenvalue weighted by atomic mass is 35.5. The second-order valence-electron chi connectivity index (χ2n) is 9.97. The van der Waals surface area contributed by atoms with Gasteiger partial charge in [0.15, 0.2) is 0 Å². The number of halogens is 4. The van der Waals surface area contributed by atoms with Crippen molar-refractivity contribution in [2.75, 3.05) is 55.6 Å². The minimum absolute atomic E-state index is 0.0373. The quantitative estimate of drug-likeness (QED) is 0.502. The van der Waals surface area contributed by atoms with E-state index in [-0.39, 0.29) is 66.5 Å². The third kappa shape index (κ3) is 5.72. The van der Waals surface area contributed by atoms with Crippen LogP contribution in [0.5, 0.6) is 0 Å². The molecule has 3 N–H and O–H groups in total. The Labute approximate surface area is 228 Å². The van der Waals surface area contributed by atoms with Crippen LogP contribution in [-0.4, -0.2) is 97.6 Å². The van der Waals surface area contributed by atoms with E-state index >= 15 is 0 Å². The normalized spacial score (nSPS) is 25.6. The topological polar surface area (TPSA) is 123 Å². The first kappa shape index (κ1) is 28.1. The number of alkyl halides is 3. The summed E-state index contributed by atoms with van der Waals surface area (Å²) in [5.74, 6) is -0.0553. The lowest BCUT2D eigenvalue weighted by molar-refractivity contribution is -0.137. The molecule has 15 heteroatoms. The Hall–Kier alpha value is -2.49. The summed E-state index contributed by atoms with van der Waals surface area (Å²) in [6.07, 6.45) is -4.92. The molecule has 212 valence electrons. The zero-order valence-corrected chi connectivity index (χ0v) is 22.3. The third-order valence-electron chi connectivity index (χ3n) is 7.44. The van der Waals surface area contributed by atoms with Crippen molar-refractivity contribution >= 4 is 39.0 Å². The van der Waals surface area contributed by atoms with Gasteiger partial charge in [0, 0.05) is 70.0 Å². The molecule has 1 aromatic heterocycles. The van der Waals surface area contributed by atoms with Crippen molar-refractivity contribution < 1.29 is 31.5 Å². The molecule has 3 saturated heterocycles. The fraction of sp³-hybridized carbons (Fsp3) is 0.500. The van der Waals surface area contributed by atoms with Gasteiger partial charge >= 0.3 is 6.18 Å². The maximum Gasteiger partial charge on any atom is 0.416 e. The van der Waals surface area contributed by atoms with Gasteiger partial charge in [-0.15, -0.1) is 0 Å². The van der Waals surface area contributed by atoms with Gasteiger partial charge in [0.1, 0.15) is 11.0 Å². The minimum Gasteiger partial charge on any atom is -0.390 e. The molecule has 4 heterocycles. The number of carbonyl (C=O) groups is 1. The highest BCUT2D eigenvalue weighted by Gasteiger charge is 2.40. The van der Waals surface area contributed by atoms with Crippen molar-refractivity contribution in [2.24, 2.45) is 5.73 Å². The molecule has 0 bridgehead atoms. The monoisotopic (exact) mass is 588 g/mol. The predicted octanol–water partition coefficient (Wildman–Crippen LogP) is 1.37. The highest BCUT2D eigenvalue weighted by molar-refractivity contribution is 7.89. The predicted molar refractivity (Wildman–Crippen MR) is 138 cm³/mol. The summed E-state index contributed by atoms with van der Waals surface area (Å²) >= 11 is 5.79. The van der Waals surface area contributed by atoms with E-state index < -0.39 is 27.9 Å². The number of β-amino-alcohol motifs (C(OH)–C–C–N with tert-alkyl or cyclic N) is 1. The number of aromatic nitrogens is 1. The first-order valence-corrected chi connectivity index (χ1v) is 14.2. The van der Waals surface area contributed by atoms with Crippen LogP contribution < -0.4 is 15.5 Å². The third-order valence-corrected chi connectivity index (χ3v) is 9.55. The molecule has 0 aliphatic carbocycles. The van der Waals surface area contributed by atoms with Crippen molar-refractivity contribution in [2.45, 2.75) is 35.7 Å². The lowest BCUT2D eigenvalue weighted by Crippen LogP contribution is -2.49. The number of amides is 1. The van der Waals surface area contributed by atoms with Crippen LogP contribution in [-0.2, 0) is 21.0 Å². The highest BCUT2D eigenvalue weighted by Crippen LogP contribution is 2.33. The molecule has 3 aliphatic rings. The maximum atomic E-state index is 13.3. The number of hydrogen-bond donors (Lipinski definition) is 2. The van der Waals surface area contributed by atoms with Crippen LogP contribution >= 0.6 is 11.6 Å². The van der Waals surface area contributed by atoms with E-state index in [1.165, 1.54) is 16.4 Å². The number of aliphatic hydroxyl groups is 1. The Morgan fingerprint density at radius 2 is 1.69 bits per heavy atom. The van der Waals surface area contributed by atoms with E-state index in [1.807, 2.05) is 4.90 Å². The van der Waals surface area contributed by atoms with Crippen LogP contribution in [0.25, 0.3) is 0 Å². The average Bonchev–Trinajstić information content (AvgIpc) is 3.44. The SMILES string of the molecule is N[C@@H]1CN(C2CC(=O)N(c3ccc(S(=O)(=O)N4CCN(c5cc(C(F)(F)F)cc(Cl)n5)CC4)cc3)C2)C[C@H]1O. The summed E-state index contributed by atoms with van der Waals surface area (Å²) in [4.78, 5) is 21.9. The molecule has 1 aromatic carbocycles. The zero-order valence-electron chi connectivity index (χ0n) is 20.8. The molecule has 0 spiro atoms. The lowest BCUT2D eigenvalue weighted by atomic mass is 10.2. The zero-order chi connectivity index (χ0) is 28.1. The van der Waals surface area contributed by atoms with Crippen molar-refractivity contribution in [3.63, 3.8) is 0 Å². The number of hydrogen-bond acceptors (Lipinski definition) is 8. The number of pyridine rings is 1. The molecule has 39 heavy (non-hydrogen) atoms. The van der Waals surface area contributed by atoms with Crippen LogP contribution in [0.1, 0.15) is 12.0 Å². The van der Waals surface area contributed by atoms with Gasteiger partial charge in [0.05, 0.1) is 16.6 Å². The number of aliphatic hydroxyl groups excluding tert-OH is 1. The number of nitrogens with zero attached hydrogens (tertiary/aromatic N) is 5. The van der Waals surface area contributed by atoms with Gasteiger partial charge in [-0.25, -0.2) is 13.4 Å². The summed E-state index contributed by atoms with van der Waals surface area (Å²) in [6.45, 7) is 1.72. The molecular formula is C24H28ClF3N6O4S. The molecule has 1 unspecified atom stereocenters. The molecular weight excluding hydrogens is 561 g/mol. The minimum atomic E-state index is -4.58. The van der Waals surface area contributed by atoms with Gasteiger partial charge < -0.3 is 20.6 Å². The van der Waals surface area contributed by atoms with Gasteiger partial charge in [0.25, 0.3) is 0 Å². The number of rotatable bonds is 5. The van der Waals surface area contributed by atoms with Crippen LogP contribution in [0.15, 0.2) is 41.3 Å². The van der Waals surface area contributed by atoms with E-state index in [0.29, 0.717) is 25.3 Å². The van der Waals surface area contributed by atoms with E-state index in [4.69, 9.17) is 17.3 Å². The Bertz CT molecular complexity index is 1330. The molecule has 2 aromatic rings. The number of likely N-dealkylation sites (tertiary alicyclic amines) is 1. The molecule has 10 nitrogen and oxygen atoms in total. The van der Waals surface area contributed by atoms with E-state index in [0.717, 1.165) is 12.1 Å². The van der Waals surface area contributed by atoms with Gasteiger partial charge in [-0.05, 0) is 36.4 Å². The van der Waals surface area contributed by atoms with Gasteiger partial charge in [-0.3, -0.25) is 9.69 Å². The van der Waals surface area contributed by atoms with Gasteiger partial charge in [-0.2, -0.15) is 17.5 Å². The fourth-order valence-corrected chi connectivity index (χ4v) is 6.86. The van der Waals surface area contributed by atoms with Crippen LogP contribution in [0, 0.1) is 0 Å². The largest absolute Gasteiger partial charge is 0.416 e. The Morgan fingerprint density at radius 3 is 2.28 bits per heavy atom. The van der Waals surface area contributed by atoms with Crippen molar-refractivity contribution in [1.82, 2.24) is 14.2 Å².